The van der Waals surface area contributed by atoms with E-state index in [4.69, 9.17) is 9.52 Å². The molecule has 0 saturated heterocycles. The summed E-state index contributed by atoms with van der Waals surface area (Å²) in [5.41, 5.74) is 3.88. The minimum Gasteiger partial charge on any atom is -0.478 e. The van der Waals surface area contributed by atoms with Gasteiger partial charge in [0.1, 0.15) is 0 Å². The first kappa shape index (κ1) is 17.9. The molecule has 0 saturated carbocycles. The van der Waals surface area contributed by atoms with Gasteiger partial charge in [0.2, 0.25) is 5.91 Å². The fraction of sp³-hybridized carbons (Fsp3) is 0.0526. The minimum absolute atomic E-state index is 0.00236. The van der Waals surface area contributed by atoms with Crippen molar-refractivity contribution in [3.63, 3.8) is 0 Å². The van der Waals surface area contributed by atoms with E-state index < -0.39 is 17.8 Å². The summed E-state index contributed by atoms with van der Waals surface area (Å²) in [6.45, 7) is 0. The molecule has 2 aromatic carbocycles. The monoisotopic (exact) mass is 441 g/mol. The highest BCUT2D eigenvalue weighted by molar-refractivity contribution is 9.10. The molecule has 0 spiro atoms. The summed E-state index contributed by atoms with van der Waals surface area (Å²) < 4.78 is 5.50. The van der Waals surface area contributed by atoms with E-state index in [0.29, 0.717) is 15.7 Å². The van der Waals surface area contributed by atoms with Crippen LogP contribution >= 0.6 is 15.9 Å². The van der Waals surface area contributed by atoms with Crippen LogP contribution in [0.4, 0.5) is 5.69 Å². The number of carboxylic acids is 1. The first-order chi connectivity index (χ1) is 13.4. The van der Waals surface area contributed by atoms with Gasteiger partial charge in [0, 0.05) is 20.8 Å². The zero-order valence-corrected chi connectivity index (χ0v) is 15.7. The number of nitrogens with one attached hydrogen (secondary N) is 2. The summed E-state index contributed by atoms with van der Waals surface area (Å²) in [7, 11) is 0. The number of carboxylic acid groups (broad SMARTS) is 1. The van der Waals surface area contributed by atoms with Crippen LogP contribution in [-0.4, -0.2) is 28.6 Å². The molecule has 0 fully saturated rings. The third-order valence-electron chi connectivity index (χ3n) is 4.24. The van der Waals surface area contributed by atoms with E-state index in [1.807, 2.05) is 18.2 Å². The highest BCUT2D eigenvalue weighted by Gasteiger charge is 2.30. The topological polar surface area (TPSA) is 121 Å². The van der Waals surface area contributed by atoms with E-state index in [9.17, 15) is 14.4 Å². The smallest absolute Gasteiger partial charge is 0.335 e. The van der Waals surface area contributed by atoms with Crippen molar-refractivity contribution in [1.29, 1.82) is 0 Å². The first-order valence-corrected chi connectivity index (χ1v) is 8.91. The lowest BCUT2D eigenvalue weighted by atomic mass is 10.1. The number of anilines is 1. The molecule has 3 aromatic rings. The highest BCUT2D eigenvalue weighted by atomic mass is 79.9. The number of furan rings is 1. The third kappa shape index (κ3) is 3.27. The third-order valence-corrected chi connectivity index (χ3v) is 4.86. The summed E-state index contributed by atoms with van der Waals surface area (Å²) in [6, 6.07) is 8.22. The van der Waals surface area contributed by atoms with E-state index >= 15 is 0 Å². The number of carbonyl (C=O) groups is 3. The van der Waals surface area contributed by atoms with Crippen LogP contribution in [-0.2, 0) is 16.0 Å². The molecule has 8 nitrogen and oxygen atoms in total. The molecule has 28 heavy (non-hydrogen) atoms. The van der Waals surface area contributed by atoms with Gasteiger partial charge < -0.3 is 14.8 Å². The molecule has 1 aliphatic rings. The maximum absolute atomic E-state index is 12.2. The van der Waals surface area contributed by atoms with Crippen molar-refractivity contribution >= 4 is 55.9 Å². The average molecular weight is 442 g/mol. The maximum atomic E-state index is 12.2. The lowest BCUT2D eigenvalue weighted by molar-refractivity contribution is -0.120. The second kappa shape index (κ2) is 6.93. The van der Waals surface area contributed by atoms with Gasteiger partial charge in [0.25, 0.3) is 5.91 Å². The van der Waals surface area contributed by atoms with Gasteiger partial charge in [0.05, 0.1) is 30.2 Å². The Morgan fingerprint density at radius 3 is 2.75 bits per heavy atom. The molecule has 9 heteroatoms. The molecule has 0 aliphatic carbocycles. The number of nitrogens with zero attached hydrogens (tertiary/aromatic N) is 1. The van der Waals surface area contributed by atoms with Gasteiger partial charge in [-0.05, 0) is 39.7 Å². The number of rotatable bonds is 4. The van der Waals surface area contributed by atoms with Crippen molar-refractivity contribution in [3.05, 3.63) is 64.0 Å². The molecule has 1 aliphatic heterocycles. The maximum Gasteiger partial charge on any atom is 0.335 e. The Bertz CT molecular complexity index is 1180. The molecule has 3 N–H and O–H groups in total. The van der Waals surface area contributed by atoms with Crippen molar-refractivity contribution in [2.45, 2.75) is 6.42 Å². The van der Waals surface area contributed by atoms with E-state index in [-0.39, 0.29) is 17.7 Å². The van der Waals surface area contributed by atoms with Gasteiger partial charge in [-0.15, -0.1) is 0 Å². The van der Waals surface area contributed by atoms with Crippen molar-refractivity contribution < 1.29 is 23.9 Å². The van der Waals surface area contributed by atoms with Crippen molar-refractivity contribution in [2.24, 2.45) is 5.10 Å². The number of hydrogen-bond donors (Lipinski definition) is 3. The van der Waals surface area contributed by atoms with Gasteiger partial charge in [0.15, 0.2) is 5.71 Å². The molecule has 4 rings (SSSR count). The molecule has 2 heterocycles. The normalized spacial score (nSPS) is 14.2. The van der Waals surface area contributed by atoms with E-state index in [1.54, 1.807) is 12.5 Å². The van der Waals surface area contributed by atoms with Crippen LogP contribution in [0.3, 0.4) is 0 Å². The van der Waals surface area contributed by atoms with Crippen LogP contribution in [0.1, 0.15) is 21.5 Å². The van der Waals surface area contributed by atoms with Crippen molar-refractivity contribution in [1.82, 2.24) is 5.43 Å². The zero-order chi connectivity index (χ0) is 19.8. The van der Waals surface area contributed by atoms with Crippen LogP contribution in [0.25, 0.3) is 10.8 Å². The van der Waals surface area contributed by atoms with E-state index in [2.05, 4.69) is 31.8 Å². The molecule has 2 amide bonds. The van der Waals surface area contributed by atoms with Gasteiger partial charge >= 0.3 is 5.97 Å². The fourth-order valence-corrected chi connectivity index (χ4v) is 3.59. The Balaban J connectivity index is 1.54. The minimum atomic E-state index is -1.12. The van der Waals surface area contributed by atoms with Crippen LogP contribution in [0.2, 0.25) is 0 Å². The molecule has 140 valence electrons. The Hall–Kier alpha value is -3.46. The quantitative estimate of drug-likeness (QED) is 0.537. The Morgan fingerprint density at radius 2 is 1.96 bits per heavy atom. The standard InChI is InChI=1S/C19H12BrN3O5/c20-13-5-11(19(26)27)6-14-16(13)17(18(25)21-14)23-22-15(24)4-9-1-2-10-7-28-8-12(10)3-9/h1-3,5-8H,4H2,(H,22,24)(H,26,27)(H,21,23,25). The van der Waals surface area contributed by atoms with Gasteiger partial charge in [-0.25, -0.2) is 10.2 Å². The van der Waals surface area contributed by atoms with Crippen LogP contribution in [0.5, 0.6) is 0 Å². The lowest BCUT2D eigenvalue weighted by Gasteiger charge is -2.05. The molecule has 0 radical (unpaired) electrons. The SMILES string of the molecule is O=C(Cc1ccc2cocc2c1)N/N=C1\C(=O)Nc2cc(C(=O)O)cc(Br)c21. The number of halogens is 1. The van der Waals surface area contributed by atoms with E-state index in [1.165, 1.54) is 12.1 Å². The van der Waals surface area contributed by atoms with Crippen LogP contribution in [0, 0.1) is 0 Å². The van der Waals surface area contributed by atoms with Crippen LogP contribution in [0.15, 0.2) is 56.8 Å². The summed E-state index contributed by atoms with van der Waals surface area (Å²) in [4.78, 5) is 35.6. The second-order valence-electron chi connectivity index (χ2n) is 6.15. The van der Waals surface area contributed by atoms with Crippen LogP contribution < -0.4 is 10.7 Å². The Labute approximate surface area is 166 Å². The van der Waals surface area contributed by atoms with Gasteiger partial charge in [-0.1, -0.05) is 12.1 Å². The molecular weight excluding hydrogens is 430 g/mol. The van der Waals surface area contributed by atoms with Crippen molar-refractivity contribution in [2.75, 3.05) is 5.32 Å². The average Bonchev–Trinajstić information content (AvgIpc) is 3.23. The molecule has 1 aromatic heterocycles. The second-order valence-corrected chi connectivity index (χ2v) is 7.00. The highest BCUT2D eigenvalue weighted by Crippen LogP contribution is 2.32. The van der Waals surface area contributed by atoms with Gasteiger partial charge in [-0.3, -0.25) is 9.59 Å². The predicted octanol–water partition coefficient (Wildman–Crippen LogP) is 2.91. The lowest BCUT2D eigenvalue weighted by Crippen LogP contribution is -2.24. The molecular formula is C19H12BrN3O5. The predicted molar refractivity (Wildman–Crippen MR) is 104 cm³/mol. The number of hydrogen-bond acceptors (Lipinski definition) is 5. The summed E-state index contributed by atoms with van der Waals surface area (Å²) >= 11 is 3.26. The molecule has 0 bridgehead atoms. The summed E-state index contributed by atoms with van der Waals surface area (Å²) in [5.74, 6) is -2.04. The van der Waals surface area contributed by atoms with Crippen molar-refractivity contribution in [3.8, 4) is 0 Å². The number of amides is 2. The number of carbonyl (C=O) groups excluding carboxylic acids is 2. The number of fused-ring (bicyclic) bond motifs is 2. The largest absolute Gasteiger partial charge is 0.478 e. The summed E-state index contributed by atoms with van der Waals surface area (Å²) in [5, 5.41) is 17.4. The first-order valence-electron chi connectivity index (χ1n) is 8.12. The molecule has 0 atom stereocenters. The number of aromatic carboxylic acids is 1. The Morgan fingerprint density at radius 1 is 1.18 bits per heavy atom. The zero-order valence-electron chi connectivity index (χ0n) is 14.2. The Kier molecular flexibility index (Phi) is 4.44. The number of benzene rings is 2. The molecule has 0 unspecified atom stereocenters. The summed E-state index contributed by atoms with van der Waals surface area (Å²) in [6.07, 6.45) is 3.29. The number of hydrazone groups is 1. The van der Waals surface area contributed by atoms with E-state index in [0.717, 1.165) is 16.3 Å². The fourth-order valence-electron chi connectivity index (χ4n) is 2.94. The van der Waals surface area contributed by atoms with Gasteiger partial charge in [-0.2, -0.15) is 5.10 Å².